The van der Waals surface area contributed by atoms with Crippen molar-refractivity contribution in [3.8, 4) is 0 Å². The third-order valence-corrected chi connectivity index (χ3v) is 6.21. The second-order valence-corrected chi connectivity index (χ2v) is 7.89. The number of carbonyl (C=O) groups is 1. The van der Waals surface area contributed by atoms with Crippen LogP contribution in [0.15, 0.2) is 53.4 Å². The summed E-state index contributed by atoms with van der Waals surface area (Å²) in [5.74, 6) is -0.666. The van der Waals surface area contributed by atoms with Gasteiger partial charge >= 0.3 is 5.97 Å². The number of sulfonamides is 1. The van der Waals surface area contributed by atoms with Gasteiger partial charge in [0.2, 0.25) is 0 Å². The molecule has 24 heavy (non-hydrogen) atoms. The Bertz CT molecular complexity index is 1020. The molecule has 2 aromatic carbocycles. The molecule has 0 fully saturated rings. The number of hydrogen-bond acceptors (Lipinski definition) is 5. The second kappa shape index (κ2) is 6.26. The van der Waals surface area contributed by atoms with Gasteiger partial charge < -0.3 is 4.74 Å². The zero-order valence-corrected chi connectivity index (χ0v) is 14.7. The van der Waals surface area contributed by atoms with Gasteiger partial charge in [-0.15, -0.1) is 11.3 Å². The van der Waals surface area contributed by atoms with E-state index >= 15 is 0 Å². The summed E-state index contributed by atoms with van der Waals surface area (Å²) in [7, 11) is -2.71. The summed E-state index contributed by atoms with van der Waals surface area (Å²) >= 11 is 1.10. The van der Waals surface area contributed by atoms with Gasteiger partial charge in [-0.3, -0.25) is 4.72 Å². The lowest BCUT2D eigenvalue weighted by molar-refractivity contribution is 0.0602. The number of ether oxygens (including phenoxy) is 1. The maximum Gasteiger partial charge on any atom is 0.349 e. The summed E-state index contributed by atoms with van der Waals surface area (Å²) in [4.78, 5) is 12.1. The smallest absolute Gasteiger partial charge is 0.349 e. The van der Waals surface area contributed by atoms with Crippen LogP contribution in [0.4, 0.5) is 5.69 Å². The predicted molar refractivity (Wildman–Crippen MR) is 95.2 cm³/mol. The van der Waals surface area contributed by atoms with Crippen molar-refractivity contribution in [2.75, 3.05) is 11.8 Å². The van der Waals surface area contributed by atoms with Crippen molar-refractivity contribution < 1.29 is 17.9 Å². The average molecular weight is 361 g/mol. The van der Waals surface area contributed by atoms with Gasteiger partial charge in [-0.25, -0.2) is 13.2 Å². The van der Waals surface area contributed by atoms with Gasteiger partial charge in [-0.2, -0.15) is 0 Å². The number of hydrogen-bond donors (Lipinski definition) is 1. The first-order valence-electron chi connectivity index (χ1n) is 7.12. The SMILES string of the molecule is COC(=O)c1sc2ccccc2c1S(=O)(=O)Nc1cccc(C)c1. The standard InChI is InChI=1S/C17H15NO4S2/c1-11-6-5-7-12(10-11)18-24(20,21)16-13-8-3-4-9-14(13)23-15(16)17(19)22-2/h3-10,18H,1-2H3. The van der Waals surface area contributed by atoms with E-state index in [2.05, 4.69) is 4.72 Å². The molecule has 1 heterocycles. The summed E-state index contributed by atoms with van der Waals surface area (Å²) in [5, 5.41) is 0.503. The van der Waals surface area contributed by atoms with E-state index in [4.69, 9.17) is 4.74 Å². The minimum atomic E-state index is -3.94. The topological polar surface area (TPSA) is 72.5 Å². The molecule has 0 saturated carbocycles. The Hall–Kier alpha value is -2.38. The van der Waals surface area contributed by atoms with Gasteiger partial charge in [0.25, 0.3) is 10.0 Å². The van der Waals surface area contributed by atoms with Crippen LogP contribution in [-0.2, 0) is 14.8 Å². The molecule has 1 N–H and O–H groups in total. The van der Waals surface area contributed by atoms with Crippen molar-refractivity contribution >= 4 is 43.1 Å². The predicted octanol–water partition coefficient (Wildman–Crippen LogP) is 3.80. The number of thiophene rings is 1. The molecule has 0 radical (unpaired) electrons. The van der Waals surface area contributed by atoms with E-state index in [1.165, 1.54) is 7.11 Å². The first-order valence-corrected chi connectivity index (χ1v) is 9.41. The van der Waals surface area contributed by atoms with Crippen LogP contribution >= 0.6 is 11.3 Å². The molecule has 0 aliphatic heterocycles. The molecular formula is C17H15NO4S2. The van der Waals surface area contributed by atoms with E-state index in [9.17, 15) is 13.2 Å². The van der Waals surface area contributed by atoms with E-state index in [-0.39, 0.29) is 9.77 Å². The van der Waals surface area contributed by atoms with E-state index in [1.807, 2.05) is 13.0 Å². The minimum Gasteiger partial charge on any atom is -0.465 e. The fourth-order valence-electron chi connectivity index (χ4n) is 2.43. The highest BCUT2D eigenvalue weighted by Gasteiger charge is 2.29. The van der Waals surface area contributed by atoms with E-state index in [0.29, 0.717) is 15.8 Å². The van der Waals surface area contributed by atoms with Crippen molar-refractivity contribution in [2.24, 2.45) is 0 Å². The average Bonchev–Trinajstić information content (AvgIpc) is 2.94. The van der Waals surface area contributed by atoms with Gasteiger partial charge in [0, 0.05) is 15.8 Å². The summed E-state index contributed by atoms with van der Waals surface area (Å²) < 4.78 is 33.8. The highest BCUT2D eigenvalue weighted by atomic mass is 32.2. The Morgan fingerprint density at radius 3 is 2.58 bits per heavy atom. The second-order valence-electron chi connectivity index (χ2n) is 5.22. The van der Waals surface area contributed by atoms with Crippen LogP contribution in [-0.4, -0.2) is 21.5 Å². The van der Waals surface area contributed by atoms with Gasteiger partial charge in [-0.05, 0) is 30.7 Å². The quantitative estimate of drug-likeness (QED) is 0.718. The monoisotopic (exact) mass is 361 g/mol. The summed E-state index contributed by atoms with van der Waals surface area (Å²) in [6.45, 7) is 1.87. The van der Waals surface area contributed by atoms with Crippen LogP contribution < -0.4 is 4.72 Å². The zero-order valence-electron chi connectivity index (χ0n) is 13.1. The maximum atomic E-state index is 12.9. The number of benzene rings is 2. The molecule has 0 aliphatic carbocycles. The third-order valence-electron chi connectivity index (χ3n) is 3.46. The highest BCUT2D eigenvalue weighted by Crippen LogP contribution is 2.36. The lowest BCUT2D eigenvalue weighted by Gasteiger charge is -2.09. The Balaban J connectivity index is 2.17. The molecule has 0 aliphatic rings. The van der Waals surface area contributed by atoms with Gasteiger partial charge in [0.05, 0.1) is 7.11 Å². The van der Waals surface area contributed by atoms with E-state index < -0.39 is 16.0 Å². The molecule has 5 nitrogen and oxygen atoms in total. The summed E-state index contributed by atoms with van der Waals surface area (Å²) in [6.07, 6.45) is 0. The minimum absolute atomic E-state index is 0.0449. The van der Waals surface area contributed by atoms with Crippen LogP contribution in [0.3, 0.4) is 0 Å². The van der Waals surface area contributed by atoms with Crippen LogP contribution in [0.2, 0.25) is 0 Å². The molecule has 1 aromatic heterocycles. The van der Waals surface area contributed by atoms with E-state index in [0.717, 1.165) is 16.9 Å². The Kier molecular flexibility index (Phi) is 4.29. The van der Waals surface area contributed by atoms with Gasteiger partial charge in [0.15, 0.2) is 0 Å². The molecule has 0 amide bonds. The molecule has 3 aromatic rings. The fraction of sp³-hybridized carbons (Fsp3) is 0.118. The number of esters is 1. The number of fused-ring (bicyclic) bond motifs is 1. The van der Waals surface area contributed by atoms with Crippen molar-refractivity contribution in [1.82, 2.24) is 0 Å². The maximum absolute atomic E-state index is 12.9. The first-order chi connectivity index (χ1) is 11.4. The molecule has 0 atom stereocenters. The van der Waals surface area contributed by atoms with Crippen LogP contribution in [0.25, 0.3) is 10.1 Å². The molecule has 0 spiro atoms. The molecule has 124 valence electrons. The number of rotatable bonds is 4. The molecular weight excluding hydrogens is 346 g/mol. The van der Waals surface area contributed by atoms with Crippen LogP contribution in [0, 0.1) is 6.92 Å². The third kappa shape index (κ3) is 3.00. The summed E-state index contributed by atoms with van der Waals surface area (Å²) in [6, 6.07) is 14.0. The Morgan fingerprint density at radius 1 is 1.12 bits per heavy atom. The molecule has 7 heteroatoms. The molecule has 0 bridgehead atoms. The van der Waals surface area contributed by atoms with Crippen LogP contribution in [0.1, 0.15) is 15.2 Å². The van der Waals surface area contributed by atoms with Gasteiger partial charge in [-0.1, -0.05) is 30.3 Å². The first kappa shape index (κ1) is 16.5. The Morgan fingerprint density at radius 2 is 1.88 bits per heavy atom. The van der Waals surface area contributed by atoms with Crippen molar-refractivity contribution in [2.45, 2.75) is 11.8 Å². The van der Waals surface area contributed by atoms with E-state index in [1.54, 1.807) is 42.5 Å². The van der Waals surface area contributed by atoms with Crippen LogP contribution in [0.5, 0.6) is 0 Å². The van der Waals surface area contributed by atoms with Crippen molar-refractivity contribution in [1.29, 1.82) is 0 Å². The number of nitrogens with one attached hydrogen (secondary N) is 1. The lowest BCUT2D eigenvalue weighted by Crippen LogP contribution is -2.16. The van der Waals surface area contributed by atoms with Crippen molar-refractivity contribution in [3.05, 3.63) is 59.0 Å². The van der Waals surface area contributed by atoms with Gasteiger partial charge in [0.1, 0.15) is 9.77 Å². The number of carbonyl (C=O) groups excluding carboxylic acids is 1. The summed E-state index contributed by atoms with van der Waals surface area (Å²) in [5.41, 5.74) is 1.37. The Labute approximate surface area is 143 Å². The van der Waals surface area contributed by atoms with Crippen molar-refractivity contribution in [3.63, 3.8) is 0 Å². The normalized spacial score (nSPS) is 11.4. The molecule has 0 unspecified atom stereocenters. The number of aryl methyl sites for hydroxylation is 1. The molecule has 0 saturated heterocycles. The number of anilines is 1. The zero-order chi connectivity index (χ0) is 17.3. The highest BCUT2D eigenvalue weighted by molar-refractivity contribution is 7.93. The number of methoxy groups -OCH3 is 1. The fourth-order valence-corrected chi connectivity index (χ4v) is 5.30. The lowest BCUT2D eigenvalue weighted by atomic mass is 10.2. The largest absolute Gasteiger partial charge is 0.465 e. The molecule has 3 rings (SSSR count).